The summed E-state index contributed by atoms with van der Waals surface area (Å²) in [5.74, 6) is -0.916. The van der Waals surface area contributed by atoms with Crippen LogP contribution in [-0.2, 0) is 14.8 Å². The lowest BCUT2D eigenvalue weighted by molar-refractivity contribution is -0.274. The van der Waals surface area contributed by atoms with E-state index in [-0.39, 0.29) is 21.3 Å². The number of hydrogen-bond acceptors (Lipinski definition) is 6. The van der Waals surface area contributed by atoms with Gasteiger partial charge < -0.3 is 14.8 Å². The molecule has 0 aliphatic rings. The second kappa shape index (κ2) is 9.49. The van der Waals surface area contributed by atoms with Crippen molar-refractivity contribution in [1.82, 2.24) is 0 Å². The van der Waals surface area contributed by atoms with Crippen LogP contribution in [0.25, 0.3) is 0 Å². The van der Waals surface area contributed by atoms with E-state index in [2.05, 4.69) is 10.1 Å². The first-order valence-electron chi connectivity index (χ1n) is 8.95. The summed E-state index contributed by atoms with van der Waals surface area (Å²) >= 11 is 0.995. The van der Waals surface area contributed by atoms with Gasteiger partial charge >= 0.3 is 6.36 Å². The van der Waals surface area contributed by atoms with E-state index in [1.54, 1.807) is 29.6 Å². The van der Waals surface area contributed by atoms with Gasteiger partial charge in [0.15, 0.2) is 0 Å². The third-order valence-electron chi connectivity index (χ3n) is 4.05. The SMILES string of the molecule is COc1ccccc1N(CC(=O)Nc1ccc(OC(F)(F)F)cc1)S(=O)(=O)c1cccs1. The first-order chi connectivity index (χ1) is 15.1. The molecule has 0 atom stereocenters. The Balaban J connectivity index is 1.84. The van der Waals surface area contributed by atoms with Crippen LogP contribution in [0.2, 0.25) is 0 Å². The molecule has 2 aromatic carbocycles. The van der Waals surface area contributed by atoms with E-state index in [0.717, 1.165) is 27.8 Å². The zero-order valence-corrected chi connectivity index (χ0v) is 18.1. The number of ether oxygens (including phenoxy) is 2. The average Bonchev–Trinajstić information content (AvgIpc) is 3.28. The minimum atomic E-state index is -4.84. The minimum Gasteiger partial charge on any atom is -0.495 e. The molecule has 32 heavy (non-hydrogen) atoms. The maximum absolute atomic E-state index is 13.2. The largest absolute Gasteiger partial charge is 0.573 e. The molecule has 0 radical (unpaired) electrons. The zero-order valence-electron chi connectivity index (χ0n) is 16.5. The van der Waals surface area contributed by atoms with Crippen LogP contribution in [0.3, 0.4) is 0 Å². The summed E-state index contributed by atoms with van der Waals surface area (Å²) in [5, 5.41) is 4.06. The quantitative estimate of drug-likeness (QED) is 0.507. The fourth-order valence-corrected chi connectivity index (χ4v) is 5.26. The molecule has 0 fully saturated rings. The summed E-state index contributed by atoms with van der Waals surface area (Å²) < 4.78 is 73.2. The molecule has 12 heteroatoms. The molecule has 3 aromatic rings. The van der Waals surface area contributed by atoms with Crippen molar-refractivity contribution in [3.63, 3.8) is 0 Å². The topological polar surface area (TPSA) is 84.9 Å². The van der Waals surface area contributed by atoms with Gasteiger partial charge in [0.25, 0.3) is 10.0 Å². The van der Waals surface area contributed by atoms with Crippen LogP contribution in [0.4, 0.5) is 24.5 Å². The Kier molecular flexibility index (Phi) is 6.94. The lowest BCUT2D eigenvalue weighted by Gasteiger charge is -2.25. The van der Waals surface area contributed by atoms with Gasteiger partial charge in [-0.05, 0) is 47.8 Å². The van der Waals surface area contributed by atoms with Crippen LogP contribution in [0.5, 0.6) is 11.5 Å². The molecule has 1 amide bonds. The van der Waals surface area contributed by atoms with Gasteiger partial charge in [0.05, 0.1) is 12.8 Å². The molecule has 0 saturated carbocycles. The number of carbonyl (C=O) groups excluding carboxylic acids is 1. The highest BCUT2D eigenvalue weighted by Crippen LogP contribution is 2.33. The fraction of sp³-hybridized carbons (Fsp3) is 0.150. The lowest BCUT2D eigenvalue weighted by Crippen LogP contribution is -2.38. The minimum absolute atomic E-state index is 0.0323. The molecular formula is C20H17F3N2O5S2. The van der Waals surface area contributed by atoms with Crippen molar-refractivity contribution in [2.24, 2.45) is 0 Å². The number of amides is 1. The summed E-state index contributed by atoms with van der Waals surface area (Å²) in [6.45, 7) is -0.596. The standard InChI is InChI=1S/C20H17F3N2O5S2/c1-29-17-6-3-2-5-16(17)25(32(27,28)19-7-4-12-31-19)13-18(26)24-14-8-10-15(11-9-14)30-20(21,22)23/h2-12H,13H2,1H3,(H,24,26). The molecule has 0 aliphatic carbocycles. The van der Waals surface area contributed by atoms with Crippen molar-refractivity contribution >= 4 is 38.6 Å². The summed E-state index contributed by atoms with van der Waals surface area (Å²) in [6, 6.07) is 13.8. The van der Waals surface area contributed by atoms with E-state index in [1.807, 2.05) is 0 Å². The van der Waals surface area contributed by atoms with Crippen molar-refractivity contribution in [3.05, 3.63) is 66.0 Å². The molecule has 1 aromatic heterocycles. The molecule has 170 valence electrons. The molecule has 0 spiro atoms. The zero-order chi connectivity index (χ0) is 23.4. The first-order valence-corrected chi connectivity index (χ1v) is 11.3. The maximum Gasteiger partial charge on any atom is 0.573 e. The van der Waals surface area contributed by atoms with Crippen LogP contribution in [0.1, 0.15) is 0 Å². The number of nitrogens with zero attached hydrogens (tertiary/aromatic N) is 1. The number of methoxy groups -OCH3 is 1. The third-order valence-corrected chi connectivity index (χ3v) is 7.18. The second-order valence-corrected chi connectivity index (χ2v) is 9.27. The van der Waals surface area contributed by atoms with E-state index >= 15 is 0 Å². The molecular weight excluding hydrogens is 469 g/mol. The predicted molar refractivity (Wildman–Crippen MR) is 114 cm³/mol. The van der Waals surface area contributed by atoms with Gasteiger partial charge in [0.2, 0.25) is 5.91 Å². The van der Waals surface area contributed by atoms with Crippen LogP contribution < -0.4 is 19.1 Å². The predicted octanol–water partition coefficient (Wildman–Crippen LogP) is 4.49. The number of hydrogen-bond donors (Lipinski definition) is 1. The molecule has 0 bridgehead atoms. The number of para-hydroxylation sites is 2. The summed E-state index contributed by atoms with van der Waals surface area (Å²) in [6.07, 6.45) is -4.84. The van der Waals surface area contributed by atoms with Crippen LogP contribution >= 0.6 is 11.3 Å². The number of thiophene rings is 1. The highest BCUT2D eigenvalue weighted by atomic mass is 32.2. The first kappa shape index (κ1) is 23.4. The Morgan fingerprint density at radius 3 is 2.34 bits per heavy atom. The third kappa shape index (κ3) is 5.71. The lowest BCUT2D eigenvalue weighted by atomic mass is 10.3. The van der Waals surface area contributed by atoms with E-state index in [9.17, 15) is 26.4 Å². The Morgan fingerprint density at radius 2 is 1.75 bits per heavy atom. The summed E-state index contributed by atoms with van der Waals surface area (Å²) in [4.78, 5) is 12.7. The second-order valence-electron chi connectivity index (χ2n) is 6.24. The monoisotopic (exact) mass is 486 g/mol. The van der Waals surface area contributed by atoms with Gasteiger partial charge in [-0.1, -0.05) is 18.2 Å². The molecule has 7 nitrogen and oxygen atoms in total. The normalized spacial score (nSPS) is 11.6. The van der Waals surface area contributed by atoms with Gasteiger partial charge in [-0.15, -0.1) is 24.5 Å². The van der Waals surface area contributed by atoms with E-state index in [4.69, 9.17) is 4.74 Å². The van der Waals surface area contributed by atoms with Crippen molar-refractivity contribution in [2.45, 2.75) is 10.6 Å². The number of halogens is 3. The highest BCUT2D eigenvalue weighted by Gasteiger charge is 2.31. The molecule has 0 unspecified atom stereocenters. The molecule has 0 saturated heterocycles. The molecule has 3 rings (SSSR count). The Labute approximate surface area is 186 Å². The van der Waals surface area contributed by atoms with Crippen molar-refractivity contribution < 1.29 is 35.9 Å². The van der Waals surface area contributed by atoms with Crippen molar-refractivity contribution in [3.8, 4) is 11.5 Å². The highest BCUT2D eigenvalue weighted by molar-refractivity contribution is 7.94. The molecule has 1 heterocycles. The van der Waals surface area contributed by atoms with Gasteiger partial charge in [-0.25, -0.2) is 8.42 Å². The summed E-state index contributed by atoms with van der Waals surface area (Å²) in [7, 11) is -2.72. The van der Waals surface area contributed by atoms with Gasteiger partial charge in [-0.2, -0.15) is 0 Å². The number of carbonyl (C=O) groups is 1. The van der Waals surface area contributed by atoms with Crippen LogP contribution in [0, 0.1) is 0 Å². The van der Waals surface area contributed by atoms with Crippen molar-refractivity contribution in [1.29, 1.82) is 0 Å². The number of alkyl halides is 3. The number of rotatable bonds is 8. The number of benzene rings is 2. The Hall–Kier alpha value is -3.25. The molecule has 0 aliphatic heterocycles. The van der Waals surface area contributed by atoms with Gasteiger partial charge in [0, 0.05) is 5.69 Å². The molecule has 1 N–H and O–H groups in total. The average molecular weight is 486 g/mol. The summed E-state index contributed by atoms with van der Waals surface area (Å²) in [5.41, 5.74) is 0.325. The van der Waals surface area contributed by atoms with Crippen LogP contribution in [-0.4, -0.2) is 34.3 Å². The number of sulfonamides is 1. The van der Waals surface area contributed by atoms with Gasteiger partial charge in [-0.3, -0.25) is 9.10 Å². The van der Waals surface area contributed by atoms with Gasteiger partial charge in [0.1, 0.15) is 22.3 Å². The van der Waals surface area contributed by atoms with Crippen LogP contribution in [0.15, 0.2) is 70.3 Å². The fourth-order valence-electron chi connectivity index (χ4n) is 2.73. The van der Waals surface area contributed by atoms with E-state index in [0.29, 0.717) is 0 Å². The van der Waals surface area contributed by atoms with E-state index < -0.39 is 34.6 Å². The Bertz CT molecular complexity index is 1160. The smallest absolute Gasteiger partial charge is 0.495 e. The maximum atomic E-state index is 13.2. The Morgan fingerprint density at radius 1 is 1.06 bits per heavy atom. The number of nitrogens with one attached hydrogen (secondary N) is 1. The number of anilines is 2. The van der Waals surface area contributed by atoms with Crippen molar-refractivity contribution in [2.75, 3.05) is 23.3 Å². The van der Waals surface area contributed by atoms with E-state index in [1.165, 1.54) is 31.4 Å².